The second kappa shape index (κ2) is 28.4. The molecule has 0 aromatic rings. The minimum Gasteiger partial charge on any atom is -0.726 e. The van der Waals surface area contributed by atoms with Crippen molar-refractivity contribution < 1.29 is 160 Å². The molecule has 2 aliphatic heterocycles. The van der Waals surface area contributed by atoms with E-state index in [1.165, 1.54) is 0 Å². The lowest BCUT2D eigenvalue weighted by Crippen LogP contribution is -2.65. The summed E-state index contributed by atoms with van der Waals surface area (Å²) in [5.74, 6) is -3.62. The van der Waals surface area contributed by atoms with E-state index in [0.717, 1.165) is 0 Å². The third kappa shape index (κ3) is 22.1. The summed E-state index contributed by atoms with van der Waals surface area (Å²) in [6, 6.07) is 0. The van der Waals surface area contributed by atoms with Crippen LogP contribution in [0, 0.1) is 0 Å². The molecule has 0 saturated carbocycles. The molecule has 0 N–H and O–H groups in total. The van der Waals surface area contributed by atoms with E-state index in [1.54, 1.807) is 0 Å². The third-order valence-electron chi connectivity index (χ3n) is 5.34. The second-order valence-corrected chi connectivity index (χ2v) is 12.3. The summed E-state index contributed by atoms with van der Waals surface area (Å²) in [5.41, 5.74) is 0. The highest BCUT2D eigenvalue weighted by Crippen LogP contribution is 2.41. The molecule has 0 amide bonds. The molecule has 2 aliphatic rings. The van der Waals surface area contributed by atoms with Gasteiger partial charge < -0.3 is 53.5 Å². The first-order chi connectivity index (χ1) is 25.6. The molecular formula is C12H14O35S8-8. The molecule has 0 aromatic carbocycles. The summed E-state index contributed by atoms with van der Waals surface area (Å²) < 4.78 is 197. The van der Waals surface area contributed by atoms with E-state index >= 15 is 0 Å². The van der Waals surface area contributed by atoms with E-state index in [9.17, 15) is 72.9 Å². The smallest absolute Gasteiger partial charge is 0.229 e. The molecule has 0 aromatic heterocycles. The van der Waals surface area contributed by atoms with Gasteiger partial charge in [-0.25, -0.2) is 53.2 Å². The molecule has 2 heterocycles. The van der Waals surface area contributed by atoms with Crippen molar-refractivity contribution in [1.82, 2.24) is 0 Å². The molecule has 2 saturated heterocycles. The number of ether oxygens (including phenoxy) is 3. The van der Waals surface area contributed by atoms with Gasteiger partial charge in [0.25, 0.3) is 0 Å². The largest absolute Gasteiger partial charge is 0.726 e. The molecule has 55 heavy (non-hydrogen) atoms. The molecule has 2 rings (SSSR count). The maximum atomic E-state index is 11.4. The van der Waals surface area contributed by atoms with Crippen LogP contribution in [0.4, 0.5) is 0 Å². The molecule has 2 fully saturated rings. The van der Waals surface area contributed by atoms with Crippen molar-refractivity contribution in [1.29, 1.82) is 0 Å². The monoisotopic (exact) mass is 974 g/mol. The van der Waals surface area contributed by atoms with Gasteiger partial charge in [-0.1, -0.05) is 0 Å². The summed E-state index contributed by atoms with van der Waals surface area (Å²) in [7, 11) is -23.4. The predicted molar refractivity (Wildman–Crippen MR) is 135 cm³/mol. The molecule has 35 nitrogen and oxygen atoms in total. The van der Waals surface area contributed by atoms with Gasteiger partial charge in [0.15, 0.2) is 80.8 Å². The van der Waals surface area contributed by atoms with Crippen molar-refractivity contribution in [2.45, 2.75) is 54.8 Å². The lowest BCUT2D eigenvalue weighted by molar-refractivity contribution is -0.834. The van der Waals surface area contributed by atoms with Crippen LogP contribution < -0.4 is 21.0 Å². The van der Waals surface area contributed by atoms with Gasteiger partial charge in [-0.15, -0.1) is 0 Å². The van der Waals surface area contributed by atoms with E-state index in [1.807, 2.05) is 0 Å². The van der Waals surface area contributed by atoms with Crippen LogP contribution in [0.15, 0.2) is 0 Å². The van der Waals surface area contributed by atoms with Crippen LogP contribution in [-0.4, -0.2) is 143 Å². The van der Waals surface area contributed by atoms with Crippen LogP contribution in [0.1, 0.15) is 0 Å². The first-order valence-corrected chi connectivity index (χ1v) is 18.2. The average molecular weight is 975 g/mol. The fraction of sp³-hybridized carbons (Fsp3) is 1.00. The second-order valence-electron chi connectivity index (χ2n) is 8.13. The van der Waals surface area contributed by atoms with E-state index in [0.29, 0.717) is 0 Å². The van der Waals surface area contributed by atoms with Crippen LogP contribution in [0.25, 0.3) is 0 Å². The fourth-order valence-corrected chi connectivity index (χ4v) is 5.26. The average Bonchev–Trinajstić information content (AvgIpc) is 3.37. The molecule has 0 radical (unpaired) electrons. The van der Waals surface area contributed by atoms with Crippen molar-refractivity contribution in [3.8, 4) is 0 Å². The van der Waals surface area contributed by atoms with Gasteiger partial charge in [-0.3, -0.25) is 36.9 Å². The standard InChI is InChI=1S/C12H22O31S4.4OS/c13-40-35-6-4(1-29-44(17,18)19)32-11(9(37-42-15)8(6)36-41-14)34-12(3-31-46(23,24)25)10(38-43-16)7(39-47(26,27)28)5(33-12)2-30-45(20,21)22;4*1-2/h4-11,13-16H,1-3H2,(H,17,18,19)(H,20,21,22)(H,23,24,25)(H,26,27,28);;;;/p-8/t4?,5-,6-,7+,8+,9?,10?,11+,12+;;;;/m1..../s1. The van der Waals surface area contributed by atoms with Gasteiger partial charge in [0, 0.05) is 0 Å². The number of hydrogen-bond acceptors (Lipinski definition) is 39. The quantitative estimate of drug-likeness (QED) is 0.0446. The summed E-state index contributed by atoms with van der Waals surface area (Å²) in [6.07, 6.45) is -21.1. The zero-order valence-electron chi connectivity index (χ0n) is 24.8. The summed E-state index contributed by atoms with van der Waals surface area (Å²) in [4.78, 5) is 16.8. The Morgan fingerprint density at radius 1 is 0.509 bits per heavy atom. The van der Waals surface area contributed by atoms with E-state index in [-0.39, 0.29) is 0 Å². The van der Waals surface area contributed by atoms with Gasteiger partial charge in [0.05, 0.1) is 13.2 Å². The normalized spacial score (nSPS) is 28.1. The molecule has 0 aliphatic carbocycles. The van der Waals surface area contributed by atoms with E-state index < -0.39 is 116 Å². The maximum Gasteiger partial charge on any atom is 0.229 e. The number of hydrogen-bond donors (Lipinski definition) is 0. The highest BCUT2D eigenvalue weighted by Gasteiger charge is 2.63. The zero-order valence-corrected chi connectivity index (χ0v) is 31.3. The third-order valence-corrected chi connectivity index (χ3v) is 7.05. The van der Waals surface area contributed by atoms with Crippen LogP contribution in [0.5, 0.6) is 0 Å². The van der Waals surface area contributed by atoms with Gasteiger partial charge in [0.1, 0.15) is 24.9 Å². The molecule has 3 unspecified atom stereocenters. The van der Waals surface area contributed by atoms with Crippen molar-refractivity contribution >= 4 is 91.7 Å². The fourth-order valence-electron chi connectivity index (χ4n) is 3.85. The van der Waals surface area contributed by atoms with E-state index in [2.05, 4.69) is 107 Å². The Bertz CT molecular complexity index is 1480. The van der Waals surface area contributed by atoms with Crippen LogP contribution >= 0.6 is 0 Å². The highest BCUT2D eigenvalue weighted by atomic mass is 32.3. The van der Waals surface area contributed by atoms with Gasteiger partial charge in [-0.05, 0) is 0 Å². The Balaban J connectivity index is -0.00000316. The maximum absolute atomic E-state index is 11.4. The summed E-state index contributed by atoms with van der Waals surface area (Å²) in [5, 5.41) is 55.9. The molecule has 0 spiro atoms. The summed E-state index contributed by atoms with van der Waals surface area (Å²) in [6.45, 7) is -5.34. The van der Waals surface area contributed by atoms with Crippen molar-refractivity contribution in [2.75, 3.05) is 19.8 Å². The highest BCUT2D eigenvalue weighted by molar-refractivity contribution is 7.81. The van der Waals surface area contributed by atoms with E-state index in [4.69, 9.17) is 31.0 Å². The van der Waals surface area contributed by atoms with Crippen molar-refractivity contribution in [2.24, 2.45) is 0 Å². The SMILES string of the molecule is O=S.O=S.O=S.O=S.O=S(=O)([O-])OCC1O[C@@H](O[C@]2(COS(=O)(=O)[O-])O[C@H](COS(=O)(=O)[O-])[C@H](OS(=O)(=O)[O-])C2OO[O-])C(OO[O-])[C@@H](OO[O-])[C@@H]1OO[O-]. The Kier molecular flexibility index (Phi) is 30.1. The van der Waals surface area contributed by atoms with Crippen LogP contribution in [-0.2, 0) is 162 Å². The Labute approximate surface area is 325 Å². The Morgan fingerprint density at radius 3 is 1.31 bits per heavy atom. The van der Waals surface area contributed by atoms with Gasteiger partial charge in [0.2, 0.25) is 47.4 Å². The first-order valence-electron chi connectivity index (χ1n) is 11.5. The Hall–Kier alpha value is -1.04. The minimum atomic E-state index is -6.03. The van der Waals surface area contributed by atoms with Crippen LogP contribution in [0.3, 0.4) is 0 Å². The first kappa shape index (κ1) is 58.3. The Morgan fingerprint density at radius 2 is 0.909 bits per heavy atom. The molecule has 43 heteroatoms. The lowest BCUT2D eigenvalue weighted by atomic mass is 9.98. The molecule has 328 valence electrons. The molecular weight excluding hydrogens is 961 g/mol. The molecule has 9 atom stereocenters. The molecule has 0 bridgehead atoms. The van der Waals surface area contributed by atoms with Gasteiger partial charge >= 0.3 is 0 Å². The topological polar surface area (TPSA) is 528 Å². The lowest BCUT2D eigenvalue weighted by Gasteiger charge is -2.46. The van der Waals surface area contributed by atoms with Crippen LogP contribution in [0.2, 0.25) is 0 Å². The van der Waals surface area contributed by atoms with Crippen molar-refractivity contribution in [3.05, 3.63) is 0 Å². The van der Waals surface area contributed by atoms with Gasteiger partial charge in [-0.2, -0.15) is 16.8 Å². The van der Waals surface area contributed by atoms with Crippen molar-refractivity contribution in [3.63, 3.8) is 0 Å². The zero-order chi connectivity index (χ0) is 43.8. The predicted octanol–water partition coefficient (Wildman–Crippen LogP) is -11.9. The summed E-state index contributed by atoms with van der Waals surface area (Å²) >= 11 is 11.3. The minimum absolute atomic E-state index is 1.58. The number of rotatable bonds is 21.